The van der Waals surface area contributed by atoms with Crippen molar-refractivity contribution in [2.45, 2.75) is 20.0 Å². The third-order valence-corrected chi connectivity index (χ3v) is 2.75. The molecule has 80 valence electrons. The van der Waals surface area contributed by atoms with Gasteiger partial charge in [0, 0.05) is 28.7 Å². The normalized spacial score (nSPS) is 13.3. The maximum atomic E-state index is 9.82. The molecule has 2 rings (SSSR count). The van der Waals surface area contributed by atoms with Crippen LogP contribution in [-0.4, -0.2) is 16.6 Å². The Morgan fingerprint density at radius 1 is 1.40 bits per heavy atom. The van der Waals surface area contributed by atoms with Gasteiger partial charge in [-0.3, -0.25) is 0 Å². The molecule has 2 aromatic rings. The Labute approximate surface area is 88.9 Å². The number of benzene rings is 1. The minimum Gasteiger partial charge on any atom is -0.387 e. The van der Waals surface area contributed by atoms with Crippen molar-refractivity contribution >= 4 is 10.9 Å². The first-order valence-electron chi connectivity index (χ1n) is 5.10. The van der Waals surface area contributed by atoms with E-state index >= 15 is 0 Å². The molecule has 1 atom stereocenters. The third kappa shape index (κ3) is 1.64. The van der Waals surface area contributed by atoms with Gasteiger partial charge in [0.2, 0.25) is 0 Å². The summed E-state index contributed by atoms with van der Waals surface area (Å²) in [5.41, 5.74) is 9.68. The first-order chi connectivity index (χ1) is 7.13. The van der Waals surface area contributed by atoms with Gasteiger partial charge in [0.05, 0.1) is 6.10 Å². The predicted octanol–water partition coefficient (Wildman–Crippen LogP) is 1.78. The van der Waals surface area contributed by atoms with Crippen LogP contribution in [0.25, 0.3) is 10.9 Å². The minimum atomic E-state index is -0.582. The lowest BCUT2D eigenvalue weighted by Crippen LogP contribution is -2.12. The first-order valence-corrected chi connectivity index (χ1v) is 5.10. The quantitative estimate of drug-likeness (QED) is 0.698. The SMILES string of the molecule is Cc1ccc2c(C(O)CN)c(C)[nH]c2c1. The Bertz CT molecular complexity index is 488. The van der Waals surface area contributed by atoms with Crippen molar-refractivity contribution in [2.75, 3.05) is 6.54 Å². The molecule has 3 heteroatoms. The maximum Gasteiger partial charge on any atom is 0.0935 e. The van der Waals surface area contributed by atoms with Crippen LogP contribution >= 0.6 is 0 Å². The van der Waals surface area contributed by atoms with Crippen molar-refractivity contribution in [1.29, 1.82) is 0 Å². The van der Waals surface area contributed by atoms with Gasteiger partial charge in [-0.2, -0.15) is 0 Å². The van der Waals surface area contributed by atoms with E-state index in [9.17, 15) is 5.11 Å². The highest BCUT2D eigenvalue weighted by Gasteiger charge is 2.14. The Morgan fingerprint density at radius 2 is 2.13 bits per heavy atom. The smallest absolute Gasteiger partial charge is 0.0935 e. The largest absolute Gasteiger partial charge is 0.387 e. The van der Waals surface area contributed by atoms with Gasteiger partial charge >= 0.3 is 0 Å². The molecule has 4 N–H and O–H groups in total. The molecule has 3 nitrogen and oxygen atoms in total. The fourth-order valence-corrected chi connectivity index (χ4v) is 2.01. The molecular weight excluding hydrogens is 188 g/mol. The molecule has 1 aromatic heterocycles. The summed E-state index contributed by atoms with van der Waals surface area (Å²) in [6.07, 6.45) is -0.582. The molecule has 1 aromatic carbocycles. The lowest BCUT2D eigenvalue weighted by molar-refractivity contribution is 0.187. The topological polar surface area (TPSA) is 62.0 Å². The van der Waals surface area contributed by atoms with E-state index in [1.165, 1.54) is 5.56 Å². The van der Waals surface area contributed by atoms with Gasteiger partial charge in [-0.25, -0.2) is 0 Å². The van der Waals surface area contributed by atoms with Crippen LogP contribution in [0.2, 0.25) is 0 Å². The number of aryl methyl sites for hydroxylation is 2. The van der Waals surface area contributed by atoms with E-state index in [2.05, 4.69) is 18.0 Å². The number of nitrogens with two attached hydrogens (primary N) is 1. The minimum absolute atomic E-state index is 0.252. The van der Waals surface area contributed by atoms with Gasteiger partial charge in [-0.05, 0) is 25.5 Å². The molecule has 0 saturated carbocycles. The number of aromatic amines is 1. The average molecular weight is 204 g/mol. The molecule has 0 spiro atoms. The van der Waals surface area contributed by atoms with Gasteiger partial charge in [-0.1, -0.05) is 12.1 Å². The molecule has 0 fully saturated rings. The summed E-state index contributed by atoms with van der Waals surface area (Å²) in [6.45, 7) is 4.26. The number of nitrogens with one attached hydrogen (secondary N) is 1. The van der Waals surface area contributed by atoms with Crippen LogP contribution in [0.3, 0.4) is 0 Å². The van der Waals surface area contributed by atoms with Crippen molar-refractivity contribution in [3.8, 4) is 0 Å². The highest BCUT2D eigenvalue weighted by Crippen LogP contribution is 2.27. The Kier molecular flexibility index (Phi) is 2.50. The summed E-state index contributed by atoms with van der Waals surface area (Å²) in [4.78, 5) is 3.27. The lowest BCUT2D eigenvalue weighted by Gasteiger charge is -2.07. The fraction of sp³-hybridized carbons (Fsp3) is 0.333. The van der Waals surface area contributed by atoms with E-state index in [0.717, 1.165) is 22.2 Å². The monoisotopic (exact) mass is 204 g/mol. The molecule has 0 bridgehead atoms. The number of H-pyrrole nitrogens is 1. The number of rotatable bonds is 2. The second-order valence-electron chi connectivity index (χ2n) is 3.96. The molecule has 1 heterocycles. The van der Waals surface area contributed by atoms with Crippen molar-refractivity contribution in [3.63, 3.8) is 0 Å². The second kappa shape index (κ2) is 3.68. The van der Waals surface area contributed by atoms with Crippen LogP contribution in [0.15, 0.2) is 18.2 Å². The van der Waals surface area contributed by atoms with Crippen molar-refractivity contribution in [3.05, 3.63) is 35.0 Å². The Morgan fingerprint density at radius 3 is 2.80 bits per heavy atom. The standard InChI is InChI=1S/C12H16N2O/c1-7-3-4-9-10(5-7)14-8(2)12(9)11(15)6-13/h3-5,11,14-15H,6,13H2,1-2H3. The van der Waals surface area contributed by atoms with Gasteiger partial charge < -0.3 is 15.8 Å². The molecule has 0 saturated heterocycles. The molecule has 0 amide bonds. The zero-order valence-electron chi connectivity index (χ0n) is 9.04. The Hall–Kier alpha value is -1.32. The van der Waals surface area contributed by atoms with Crippen LogP contribution in [0.5, 0.6) is 0 Å². The molecule has 0 aliphatic heterocycles. The number of aliphatic hydroxyl groups excluding tert-OH is 1. The number of fused-ring (bicyclic) bond motifs is 1. The van der Waals surface area contributed by atoms with Crippen molar-refractivity contribution in [2.24, 2.45) is 5.73 Å². The molecule has 1 unspecified atom stereocenters. The van der Waals surface area contributed by atoms with E-state index < -0.39 is 6.10 Å². The van der Waals surface area contributed by atoms with Crippen LogP contribution in [0.1, 0.15) is 22.9 Å². The highest BCUT2D eigenvalue weighted by atomic mass is 16.3. The van der Waals surface area contributed by atoms with E-state index in [-0.39, 0.29) is 6.54 Å². The number of aliphatic hydroxyl groups is 1. The summed E-state index contributed by atoms with van der Waals surface area (Å²) in [6, 6.07) is 6.15. The van der Waals surface area contributed by atoms with Gasteiger partial charge in [0.1, 0.15) is 0 Å². The zero-order valence-corrected chi connectivity index (χ0v) is 9.04. The van der Waals surface area contributed by atoms with E-state index in [4.69, 9.17) is 5.73 Å². The second-order valence-corrected chi connectivity index (χ2v) is 3.96. The van der Waals surface area contributed by atoms with E-state index in [0.29, 0.717) is 0 Å². The van der Waals surface area contributed by atoms with Gasteiger partial charge in [-0.15, -0.1) is 0 Å². The van der Waals surface area contributed by atoms with Crippen LogP contribution < -0.4 is 5.73 Å². The summed E-state index contributed by atoms with van der Waals surface area (Å²) < 4.78 is 0. The van der Waals surface area contributed by atoms with Crippen molar-refractivity contribution < 1.29 is 5.11 Å². The molecule has 0 radical (unpaired) electrons. The van der Waals surface area contributed by atoms with Gasteiger partial charge in [0.25, 0.3) is 0 Å². The highest BCUT2D eigenvalue weighted by molar-refractivity contribution is 5.85. The van der Waals surface area contributed by atoms with Crippen LogP contribution in [0, 0.1) is 13.8 Å². The average Bonchev–Trinajstić information content (AvgIpc) is 2.52. The first kappa shape index (κ1) is 10.2. The summed E-state index contributed by atoms with van der Waals surface area (Å²) >= 11 is 0. The summed E-state index contributed by atoms with van der Waals surface area (Å²) in [5.74, 6) is 0. The number of hydrogen-bond donors (Lipinski definition) is 3. The van der Waals surface area contributed by atoms with E-state index in [1.807, 2.05) is 19.1 Å². The number of hydrogen-bond acceptors (Lipinski definition) is 2. The van der Waals surface area contributed by atoms with Crippen LogP contribution in [-0.2, 0) is 0 Å². The molecule has 15 heavy (non-hydrogen) atoms. The third-order valence-electron chi connectivity index (χ3n) is 2.75. The summed E-state index contributed by atoms with van der Waals surface area (Å²) in [7, 11) is 0. The van der Waals surface area contributed by atoms with E-state index in [1.54, 1.807) is 0 Å². The molecular formula is C12H16N2O. The predicted molar refractivity (Wildman–Crippen MR) is 61.8 cm³/mol. The van der Waals surface area contributed by atoms with Gasteiger partial charge in [0.15, 0.2) is 0 Å². The summed E-state index contributed by atoms with van der Waals surface area (Å²) in [5, 5.41) is 10.9. The maximum absolute atomic E-state index is 9.82. The lowest BCUT2D eigenvalue weighted by atomic mass is 10.0. The number of aromatic nitrogens is 1. The molecule has 0 aliphatic carbocycles. The molecule has 0 aliphatic rings. The fourth-order valence-electron chi connectivity index (χ4n) is 2.01. The Balaban J connectivity index is 2.68. The van der Waals surface area contributed by atoms with Crippen LogP contribution in [0.4, 0.5) is 0 Å². The zero-order chi connectivity index (χ0) is 11.0. The van der Waals surface area contributed by atoms with Crippen molar-refractivity contribution in [1.82, 2.24) is 4.98 Å².